The van der Waals surface area contributed by atoms with Gasteiger partial charge in [0.1, 0.15) is 0 Å². The minimum Gasteiger partial charge on any atom is -0.481 e. The number of carboxylic acid groups (broad SMARTS) is 1. The molecule has 28 heavy (non-hydrogen) atoms. The third-order valence-corrected chi connectivity index (χ3v) is 5.10. The molecule has 0 saturated carbocycles. The number of anilines is 1. The maximum atomic E-state index is 12.5. The van der Waals surface area contributed by atoms with Gasteiger partial charge in [-0.3, -0.25) is 14.4 Å². The van der Waals surface area contributed by atoms with Crippen molar-refractivity contribution in [3.63, 3.8) is 0 Å². The highest BCUT2D eigenvalue weighted by Crippen LogP contribution is 2.40. The molecule has 0 aromatic heterocycles. The van der Waals surface area contributed by atoms with Crippen LogP contribution in [0.4, 0.5) is 5.69 Å². The fourth-order valence-corrected chi connectivity index (χ4v) is 3.60. The standard InChI is InChI=1S/C22H24N2O4/c1-2-11-23-20(26)15-7-9-18(10-8-15)24-19(25)14-22(21(27)28)12-16-5-3-4-6-17(16)13-22/h3-10H,2,11-14H2,1H3,(H,23,26)(H,24,25)(H,27,28). The molecule has 0 aliphatic heterocycles. The van der Waals surface area contributed by atoms with E-state index in [1.807, 2.05) is 31.2 Å². The molecular weight excluding hydrogens is 356 g/mol. The van der Waals surface area contributed by atoms with E-state index in [0.29, 0.717) is 30.6 Å². The molecule has 0 atom stereocenters. The zero-order valence-electron chi connectivity index (χ0n) is 15.8. The molecular formula is C22H24N2O4. The minimum absolute atomic E-state index is 0.101. The van der Waals surface area contributed by atoms with Crippen molar-refractivity contribution in [2.24, 2.45) is 5.41 Å². The first-order valence-corrected chi connectivity index (χ1v) is 9.42. The van der Waals surface area contributed by atoms with Gasteiger partial charge >= 0.3 is 5.97 Å². The topological polar surface area (TPSA) is 95.5 Å². The van der Waals surface area contributed by atoms with Gasteiger partial charge in [-0.2, -0.15) is 0 Å². The number of nitrogens with one attached hydrogen (secondary N) is 2. The molecule has 1 aliphatic rings. The van der Waals surface area contributed by atoms with Crippen molar-refractivity contribution in [2.75, 3.05) is 11.9 Å². The van der Waals surface area contributed by atoms with E-state index in [1.54, 1.807) is 24.3 Å². The van der Waals surface area contributed by atoms with Crippen LogP contribution in [0.5, 0.6) is 0 Å². The molecule has 2 aromatic rings. The van der Waals surface area contributed by atoms with Crippen molar-refractivity contribution in [3.05, 3.63) is 65.2 Å². The van der Waals surface area contributed by atoms with Gasteiger partial charge in [-0.15, -0.1) is 0 Å². The Hall–Kier alpha value is -3.15. The van der Waals surface area contributed by atoms with Crippen LogP contribution in [0.25, 0.3) is 0 Å². The molecule has 3 N–H and O–H groups in total. The molecule has 0 unspecified atom stereocenters. The first-order valence-electron chi connectivity index (χ1n) is 9.42. The van der Waals surface area contributed by atoms with Gasteiger partial charge in [0, 0.05) is 24.2 Å². The lowest BCUT2D eigenvalue weighted by molar-refractivity contribution is -0.150. The average molecular weight is 380 g/mol. The average Bonchev–Trinajstić information content (AvgIpc) is 3.06. The summed E-state index contributed by atoms with van der Waals surface area (Å²) in [5.41, 5.74) is 1.90. The quantitative estimate of drug-likeness (QED) is 0.688. The van der Waals surface area contributed by atoms with Crippen LogP contribution in [0.3, 0.4) is 0 Å². The summed E-state index contributed by atoms with van der Waals surface area (Å²) in [6.45, 7) is 2.59. The number of carbonyl (C=O) groups is 3. The van der Waals surface area contributed by atoms with Crippen LogP contribution in [-0.2, 0) is 22.4 Å². The second-order valence-electron chi connectivity index (χ2n) is 7.27. The summed E-state index contributed by atoms with van der Waals surface area (Å²) in [6, 6.07) is 14.2. The smallest absolute Gasteiger partial charge is 0.310 e. The highest BCUT2D eigenvalue weighted by atomic mass is 16.4. The Labute approximate surface area is 164 Å². The van der Waals surface area contributed by atoms with Gasteiger partial charge in [-0.05, 0) is 54.7 Å². The Kier molecular flexibility index (Phi) is 5.78. The van der Waals surface area contributed by atoms with E-state index in [0.717, 1.165) is 17.5 Å². The van der Waals surface area contributed by atoms with E-state index < -0.39 is 11.4 Å². The lowest BCUT2D eigenvalue weighted by Crippen LogP contribution is -2.36. The largest absolute Gasteiger partial charge is 0.481 e. The number of amides is 2. The summed E-state index contributed by atoms with van der Waals surface area (Å²) in [7, 11) is 0. The number of carbonyl (C=O) groups excluding carboxylic acids is 2. The molecule has 0 radical (unpaired) electrons. The lowest BCUT2D eigenvalue weighted by Gasteiger charge is -2.23. The zero-order valence-corrected chi connectivity index (χ0v) is 15.8. The Morgan fingerprint density at radius 3 is 2.14 bits per heavy atom. The maximum absolute atomic E-state index is 12.5. The number of aliphatic carboxylic acids is 1. The SMILES string of the molecule is CCCNC(=O)c1ccc(NC(=O)CC2(C(=O)O)Cc3ccccc3C2)cc1. The van der Waals surface area contributed by atoms with Crippen molar-refractivity contribution >= 4 is 23.5 Å². The molecule has 0 saturated heterocycles. The summed E-state index contributed by atoms with van der Waals surface area (Å²) in [6.07, 6.45) is 1.45. The van der Waals surface area contributed by atoms with Crippen LogP contribution in [0.15, 0.2) is 48.5 Å². The summed E-state index contributed by atoms with van der Waals surface area (Å²) in [4.78, 5) is 36.4. The Bertz CT molecular complexity index is 865. The number of rotatable bonds is 7. The lowest BCUT2D eigenvalue weighted by atomic mass is 9.81. The normalized spacial score (nSPS) is 14.2. The Morgan fingerprint density at radius 2 is 1.61 bits per heavy atom. The van der Waals surface area contributed by atoms with Crippen LogP contribution in [0, 0.1) is 5.41 Å². The number of hydrogen-bond acceptors (Lipinski definition) is 3. The molecule has 6 nitrogen and oxygen atoms in total. The molecule has 146 valence electrons. The molecule has 0 fully saturated rings. The number of benzene rings is 2. The molecule has 2 amide bonds. The first kappa shape index (κ1) is 19.6. The summed E-state index contributed by atoms with van der Waals surface area (Å²) in [5.74, 6) is -1.46. The fraction of sp³-hybridized carbons (Fsp3) is 0.318. The van der Waals surface area contributed by atoms with Gasteiger partial charge in [0.2, 0.25) is 5.91 Å². The first-order chi connectivity index (χ1) is 13.4. The van der Waals surface area contributed by atoms with Crippen LogP contribution >= 0.6 is 0 Å². The van der Waals surface area contributed by atoms with Crippen molar-refractivity contribution < 1.29 is 19.5 Å². The highest BCUT2D eigenvalue weighted by molar-refractivity contribution is 5.97. The number of carboxylic acids is 1. The second-order valence-corrected chi connectivity index (χ2v) is 7.27. The predicted octanol–water partition coefficient (Wildman–Crippen LogP) is 3.02. The van der Waals surface area contributed by atoms with Crippen molar-refractivity contribution in [3.8, 4) is 0 Å². The Balaban J connectivity index is 1.65. The number of fused-ring (bicyclic) bond motifs is 1. The van der Waals surface area contributed by atoms with E-state index in [4.69, 9.17) is 0 Å². The minimum atomic E-state index is -1.12. The third-order valence-electron chi connectivity index (χ3n) is 5.10. The van der Waals surface area contributed by atoms with Gasteiger partial charge in [0.05, 0.1) is 5.41 Å². The molecule has 1 aliphatic carbocycles. The van der Waals surface area contributed by atoms with Gasteiger partial charge in [0.25, 0.3) is 5.91 Å². The number of hydrogen-bond donors (Lipinski definition) is 3. The fourth-order valence-electron chi connectivity index (χ4n) is 3.60. The molecule has 6 heteroatoms. The molecule has 3 rings (SSSR count). The summed E-state index contributed by atoms with van der Waals surface area (Å²) >= 11 is 0. The van der Waals surface area contributed by atoms with Crippen LogP contribution < -0.4 is 10.6 Å². The molecule has 0 heterocycles. The zero-order chi connectivity index (χ0) is 20.1. The van der Waals surface area contributed by atoms with E-state index in [-0.39, 0.29) is 18.2 Å². The van der Waals surface area contributed by atoms with Crippen LogP contribution in [0.1, 0.15) is 41.3 Å². The van der Waals surface area contributed by atoms with Crippen molar-refractivity contribution in [1.29, 1.82) is 0 Å². The summed E-state index contributed by atoms with van der Waals surface area (Å²) < 4.78 is 0. The Morgan fingerprint density at radius 1 is 1.00 bits per heavy atom. The van der Waals surface area contributed by atoms with Gasteiger partial charge in [-0.1, -0.05) is 31.2 Å². The van der Waals surface area contributed by atoms with Crippen LogP contribution in [0.2, 0.25) is 0 Å². The monoisotopic (exact) mass is 380 g/mol. The summed E-state index contributed by atoms with van der Waals surface area (Å²) in [5, 5.41) is 15.3. The molecule has 0 bridgehead atoms. The highest BCUT2D eigenvalue weighted by Gasteiger charge is 2.45. The third kappa shape index (κ3) is 4.22. The van der Waals surface area contributed by atoms with E-state index in [1.165, 1.54) is 0 Å². The van der Waals surface area contributed by atoms with Gasteiger partial charge in [-0.25, -0.2) is 0 Å². The predicted molar refractivity (Wildman–Crippen MR) is 106 cm³/mol. The van der Waals surface area contributed by atoms with E-state index in [2.05, 4.69) is 10.6 Å². The van der Waals surface area contributed by atoms with Crippen molar-refractivity contribution in [1.82, 2.24) is 5.32 Å². The van der Waals surface area contributed by atoms with E-state index in [9.17, 15) is 19.5 Å². The van der Waals surface area contributed by atoms with Gasteiger partial charge < -0.3 is 15.7 Å². The van der Waals surface area contributed by atoms with Crippen molar-refractivity contribution in [2.45, 2.75) is 32.6 Å². The van der Waals surface area contributed by atoms with Crippen LogP contribution in [-0.4, -0.2) is 29.4 Å². The molecule has 0 spiro atoms. The molecule has 2 aromatic carbocycles. The van der Waals surface area contributed by atoms with E-state index >= 15 is 0 Å². The second kappa shape index (κ2) is 8.25. The maximum Gasteiger partial charge on any atom is 0.310 e. The van der Waals surface area contributed by atoms with Gasteiger partial charge in [0.15, 0.2) is 0 Å².